The first-order valence-electron chi connectivity index (χ1n) is 9.09. The molecular weight excluding hydrogens is 386 g/mol. The van der Waals surface area contributed by atoms with Gasteiger partial charge in [0.2, 0.25) is 5.13 Å². The smallest absolute Gasteiger partial charge is 0.203 e. The first kappa shape index (κ1) is 20.7. The largest absolute Gasteiger partial charge is 0.496 e. The Morgan fingerprint density at radius 3 is 2.14 bits per heavy atom. The molecule has 0 saturated carbocycles. The first-order valence-corrected chi connectivity index (χ1v) is 9.97. The van der Waals surface area contributed by atoms with Crippen molar-refractivity contribution in [3.8, 4) is 28.5 Å². The van der Waals surface area contributed by atoms with Crippen LogP contribution in [-0.4, -0.2) is 32.5 Å². The standard InChI is InChI=1S/C22H25N3O3S/c1-13-7-14(2)21(15(3)8-13)17-12-29-22(24-17)25-23-11-16-9-19(27-5)20(28-6)10-18(16)26-4/h7-12H,1-6H3,(H,24,25)/b23-11-. The normalized spacial score (nSPS) is 11.0. The van der Waals surface area contributed by atoms with Crippen molar-refractivity contribution >= 4 is 22.7 Å². The van der Waals surface area contributed by atoms with Gasteiger partial charge in [-0.2, -0.15) is 5.10 Å². The maximum absolute atomic E-state index is 5.42. The van der Waals surface area contributed by atoms with E-state index in [9.17, 15) is 0 Å². The molecule has 1 N–H and O–H groups in total. The molecule has 0 atom stereocenters. The summed E-state index contributed by atoms with van der Waals surface area (Å²) in [7, 11) is 4.78. The molecule has 2 aromatic carbocycles. The molecule has 0 amide bonds. The van der Waals surface area contributed by atoms with E-state index in [0.717, 1.165) is 16.4 Å². The van der Waals surface area contributed by atoms with Crippen LogP contribution >= 0.6 is 11.3 Å². The Morgan fingerprint density at radius 2 is 1.52 bits per heavy atom. The maximum atomic E-state index is 5.42. The number of aromatic nitrogens is 1. The maximum Gasteiger partial charge on any atom is 0.203 e. The molecule has 6 nitrogen and oxygen atoms in total. The minimum atomic E-state index is 0.600. The van der Waals surface area contributed by atoms with Crippen molar-refractivity contribution < 1.29 is 14.2 Å². The van der Waals surface area contributed by atoms with Gasteiger partial charge in [-0.25, -0.2) is 4.98 Å². The number of nitrogens with zero attached hydrogens (tertiary/aromatic N) is 2. The topological polar surface area (TPSA) is 65.0 Å². The molecular formula is C22H25N3O3S. The van der Waals surface area contributed by atoms with Gasteiger partial charge in [0, 0.05) is 22.6 Å². The van der Waals surface area contributed by atoms with Crippen molar-refractivity contribution in [1.82, 2.24) is 4.98 Å². The lowest BCUT2D eigenvalue weighted by Crippen LogP contribution is -1.98. The molecule has 29 heavy (non-hydrogen) atoms. The zero-order valence-electron chi connectivity index (χ0n) is 17.5. The lowest BCUT2D eigenvalue weighted by molar-refractivity contribution is 0.349. The van der Waals surface area contributed by atoms with E-state index in [-0.39, 0.29) is 0 Å². The number of ether oxygens (including phenoxy) is 3. The number of benzene rings is 2. The average molecular weight is 412 g/mol. The molecule has 0 unspecified atom stereocenters. The summed E-state index contributed by atoms with van der Waals surface area (Å²) in [6, 6.07) is 7.94. The average Bonchev–Trinajstić information content (AvgIpc) is 3.15. The number of methoxy groups -OCH3 is 3. The van der Waals surface area contributed by atoms with Gasteiger partial charge in [-0.1, -0.05) is 17.7 Å². The number of nitrogens with one attached hydrogen (secondary N) is 1. The lowest BCUT2D eigenvalue weighted by Gasteiger charge is -2.11. The third-order valence-electron chi connectivity index (χ3n) is 4.54. The molecule has 152 valence electrons. The second-order valence-corrected chi connectivity index (χ2v) is 7.49. The van der Waals surface area contributed by atoms with Gasteiger partial charge in [-0.15, -0.1) is 11.3 Å². The van der Waals surface area contributed by atoms with Crippen molar-refractivity contribution in [1.29, 1.82) is 0 Å². The Labute approximate surface area is 175 Å². The summed E-state index contributed by atoms with van der Waals surface area (Å²) in [5, 5.41) is 7.07. The van der Waals surface area contributed by atoms with Gasteiger partial charge in [-0.3, -0.25) is 5.43 Å². The second kappa shape index (κ2) is 8.96. The van der Waals surface area contributed by atoms with Crippen LogP contribution in [0.4, 0.5) is 5.13 Å². The first-order chi connectivity index (χ1) is 14.0. The Hall–Kier alpha value is -3.06. The summed E-state index contributed by atoms with van der Waals surface area (Å²) >= 11 is 1.51. The number of thiazole rings is 1. The van der Waals surface area contributed by atoms with Gasteiger partial charge in [0.15, 0.2) is 11.5 Å². The Kier molecular flexibility index (Phi) is 6.39. The SMILES string of the molecule is COc1cc(OC)c(OC)cc1/C=N\Nc1nc(-c2c(C)cc(C)cc2C)cs1. The Balaban J connectivity index is 1.81. The van der Waals surface area contributed by atoms with E-state index < -0.39 is 0 Å². The van der Waals surface area contributed by atoms with Crippen LogP contribution in [0.2, 0.25) is 0 Å². The van der Waals surface area contributed by atoms with Gasteiger partial charge in [0.1, 0.15) is 5.75 Å². The highest BCUT2D eigenvalue weighted by atomic mass is 32.1. The van der Waals surface area contributed by atoms with E-state index in [4.69, 9.17) is 14.2 Å². The minimum absolute atomic E-state index is 0.600. The molecule has 0 bridgehead atoms. The predicted molar refractivity (Wildman–Crippen MR) is 119 cm³/mol. The highest BCUT2D eigenvalue weighted by molar-refractivity contribution is 7.14. The van der Waals surface area contributed by atoms with E-state index in [2.05, 4.69) is 48.4 Å². The number of hydrazone groups is 1. The number of rotatable bonds is 7. The molecule has 0 spiro atoms. The third kappa shape index (κ3) is 4.51. The highest BCUT2D eigenvalue weighted by Crippen LogP contribution is 2.34. The lowest BCUT2D eigenvalue weighted by atomic mass is 9.98. The Morgan fingerprint density at radius 1 is 0.897 bits per heavy atom. The zero-order valence-corrected chi connectivity index (χ0v) is 18.3. The Bertz CT molecular complexity index is 1020. The molecule has 0 saturated heterocycles. The second-order valence-electron chi connectivity index (χ2n) is 6.63. The summed E-state index contributed by atoms with van der Waals surface area (Å²) in [5.74, 6) is 1.85. The molecule has 0 fully saturated rings. The van der Waals surface area contributed by atoms with Crippen molar-refractivity contribution in [3.05, 3.63) is 51.9 Å². The number of hydrogen-bond acceptors (Lipinski definition) is 7. The fourth-order valence-corrected chi connectivity index (χ4v) is 3.98. The van der Waals surface area contributed by atoms with Gasteiger partial charge in [0.05, 0.1) is 33.2 Å². The van der Waals surface area contributed by atoms with Gasteiger partial charge in [-0.05, 0) is 38.0 Å². The van der Waals surface area contributed by atoms with Crippen molar-refractivity contribution in [2.75, 3.05) is 26.8 Å². The summed E-state index contributed by atoms with van der Waals surface area (Å²) in [4.78, 5) is 4.68. The summed E-state index contributed by atoms with van der Waals surface area (Å²) in [6.07, 6.45) is 1.67. The van der Waals surface area contributed by atoms with Crippen LogP contribution in [0, 0.1) is 20.8 Å². The van der Waals surface area contributed by atoms with Crippen LogP contribution in [0.3, 0.4) is 0 Å². The van der Waals surface area contributed by atoms with Crippen LogP contribution < -0.4 is 19.6 Å². The van der Waals surface area contributed by atoms with Crippen molar-refractivity contribution in [3.63, 3.8) is 0 Å². The summed E-state index contributed by atoms with van der Waals surface area (Å²) in [5.41, 5.74) is 9.58. The molecule has 3 aromatic rings. The molecule has 1 heterocycles. The highest BCUT2D eigenvalue weighted by Gasteiger charge is 2.12. The zero-order chi connectivity index (χ0) is 21.0. The van der Waals surface area contributed by atoms with E-state index in [1.807, 2.05) is 11.4 Å². The monoisotopic (exact) mass is 411 g/mol. The number of anilines is 1. The molecule has 0 aliphatic rings. The fourth-order valence-electron chi connectivity index (χ4n) is 3.33. The van der Waals surface area contributed by atoms with E-state index in [1.165, 1.54) is 33.6 Å². The van der Waals surface area contributed by atoms with E-state index >= 15 is 0 Å². The number of hydrogen-bond donors (Lipinski definition) is 1. The molecule has 3 rings (SSSR count). The minimum Gasteiger partial charge on any atom is -0.496 e. The molecule has 7 heteroatoms. The van der Waals surface area contributed by atoms with E-state index in [0.29, 0.717) is 17.2 Å². The van der Waals surface area contributed by atoms with Crippen molar-refractivity contribution in [2.24, 2.45) is 5.10 Å². The predicted octanol–water partition coefficient (Wildman–Crippen LogP) is 5.21. The summed E-state index contributed by atoms with van der Waals surface area (Å²) < 4.78 is 16.1. The van der Waals surface area contributed by atoms with Gasteiger partial charge in [0.25, 0.3) is 0 Å². The van der Waals surface area contributed by atoms with Gasteiger partial charge >= 0.3 is 0 Å². The molecule has 0 aliphatic heterocycles. The van der Waals surface area contributed by atoms with Crippen molar-refractivity contribution in [2.45, 2.75) is 20.8 Å². The quantitative estimate of drug-likeness (QED) is 0.427. The van der Waals surface area contributed by atoms with Crippen LogP contribution in [0.15, 0.2) is 34.7 Å². The van der Waals surface area contributed by atoms with Gasteiger partial charge < -0.3 is 14.2 Å². The summed E-state index contributed by atoms with van der Waals surface area (Å²) in [6.45, 7) is 6.33. The van der Waals surface area contributed by atoms with E-state index in [1.54, 1.807) is 33.6 Å². The van der Waals surface area contributed by atoms with Crippen LogP contribution in [0.25, 0.3) is 11.3 Å². The molecule has 0 aliphatic carbocycles. The fraction of sp³-hybridized carbons (Fsp3) is 0.273. The number of aryl methyl sites for hydroxylation is 3. The third-order valence-corrected chi connectivity index (χ3v) is 5.28. The molecule has 1 aromatic heterocycles. The molecule has 0 radical (unpaired) electrons. The van der Waals surface area contributed by atoms with Crippen LogP contribution in [-0.2, 0) is 0 Å². The van der Waals surface area contributed by atoms with Crippen LogP contribution in [0.5, 0.6) is 17.2 Å². The van der Waals surface area contributed by atoms with Crippen LogP contribution in [0.1, 0.15) is 22.3 Å².